The maximum atomic E-state index is 13.5. The molecule has 2 aromatic carbocycles. The molecule has 1 unspecified atom stereocenters. The summed E-state index contributed by atoms with van der Waals surface area (Å²) in [5.41, 5.74) is 1.14. The van der Waals surface area contributed by atoms with Crippen LogP contribution in [-0.4, -0.2) is 60.4 Å². The maximum absolute atomic E-state index is 13.5. The van der Waals surface area contributed by atoms with E-state index in [9.17, 15) is 66.9 Å². The molecule has 0 radical (unpaired) electrons. The molecule has 1 atom stereocenters. The van der Waals surface area contributed by atoms with E-state index in [2.05, 4.69) is 51.1 Å². The van der Waals surface area contributed by atoms with Gasteiger partial charge in [-0.1, -0.05) is 52.0 Å². The molecule has 0 bridgehead atoms. The normalized spacial score (nSPS) is 16.2. The molecular weight excluding hydrogens is 808 g/mol. The molecule has 0 aliphatic heterocycles. The van der Waals surface area contributed by atoms with E-state index >= 15 is 0 Å². The van der Waals surface area contributed by atoms with Gasteiger partial charge in [0.05, 0.1) is 16.5 Å². The van der Waals surface area contributed by atoms with Gasteiger partial charge in [0.25, 0.3) is 10.3 Å². The van der Waals surface area contributed by atoms with Crippen LogP contribution >= 0.6 is 10.5 Å². The second-order valence-corrected chi connectivity index (χ2v) is 17.3. The zero-order chi connectivity index (χ0) is 42.3. The molecule has 3 aromatic rings. The van der Waals surface area contributed by atoms with Gasteiger partial charge < -0.3 is 14.0 Å². The van der Waals surface area contributed by atoms with Crippen molar-refractivity contribution in [2.75, 3.05) is 6.61 Å². The summed E-state index contributed by atoms with van der Waals surface area (Å²) in [5.74, 6) is -16.1. The summed E-state index contributed by atoms with van der Waals surface area (Å²) < 4.78 is 147. The predicted octanol–water partition coefficient (Wildman–Crippen LogP) is 9.11. The first-order chi connectivity index (χ1) is 25.6. The van der Waals surface area contributed by atoms with E-state index < -0.39 is 68.0 Å². The summed E-state index contributed by atoms with van der Waals surface area (Å²) in [6, 6.07) is 16.2. The van der Waals surface area contributed by atoms with Crippen LogP contribution in [0.15, 0.2) is 65.0 Å². The third-order valence-electron chi connectivity index (χ3n) is 9.12. The Morgan fingerprint density at radius 3 is 1.96 bits per heavy atom. The van der Waals surface area contributed by atoms with Gasteiger partial charge in [-0.25, -0.2) is 18.0 Å². The fourth-order valence-corrected chi connectivity index (χ4v) is 8.65. The lowest BCUT2D eigenvalue weighted by atomic mass is 9.87. The SMILES string of the molecule is CCC1(OC(=O)COC(=O)C2=[C+]c3c([s+](-c4ccc(C(C)(C)C)cc4)c4ccccc4c3=O)C=C2)CCCC1.O=S(=O)([O-])C(F)(F)C(F)(F)C(F)(F)C(F)(F)F. The summed E-state index contributed by atoms with van der Waals surface area (Å²) >= 11 is 0. The van der Waals surface area contributed by atoms with Gasteiger partial charge in [0.1, 0.15) is 11.0 Å². The molecule has 1 heterocycles. The van der Waals surface area contributed by atoms with Crippen LogP contribution in [0.2, 0.25) is 0 Å². The Morgan fingerprint density at radius 1 is 0.875 bits per heavy atom. The fourth-order valence-electron chi connectivity index (χ4n) is 5.91. The lowest BCUT2D eigenvalue weighted by Crippen LogP contribution is -2.63. The number of alkyl halides is 9. The lowest BCUT2D eigenvalue weighted by Gasteiger charge is -2.34. The summed E-state index contributed by atoms with van der Waals surface area (Å²) in [7, 11) is -7.95. The van der Waals surface area contributed by atoms with Crippen molar-refractivity contribution in [3.8, 4) is 4.90 Å². The van der Waals surface area contributed by atoms with E-state index in [0.29, 0.717) is 10.9 Å². The number of hydrogen-bond acceptors (Lipinski definition) is 8. The van der Waals surface area contributed by atoms with E-state index in [-0.39, 0.29) is 16.4 Å². The Balaban J connectivity index is 0.000000347. The number of hydrogen-bond donors (Lipinski definition) is 0. The molecule has 19 heteroatoms. The first kappa shape index (κ1) is 44.4. The topological polar surface area (TPSA) is 127 Å². The van der Waals surface area contributed by atoms with Gasteiger partial charge in [0.15, 0.2) is 21.6 Å². The van der Waals surface area contributed by atoms with Crippen molar-refractivity contribution in [1.29, 1.82) is 0 Å². The fraction of sp³-hybridized carbons (Fsp3) is 0.432. The second-order valence-electron chi connectivity index (χ2n) is 13.9. The highest BCUT2D eigenvalue weighted by atomic mass is 32.2. The molecule has 1 fully saturated rings. The molecule has 5 rings (SSSR count). The van der Waals surface area contributed by atoms with Crippen LogP contribution < -0.4 is 5.43 Å². The summed E-state index contributed by atoms with van der Waals surface area (Å²) in [6.07, 6.45) is 3.81. The number of carbonyl (C=O) groups excluding carboxylic acids is 2. The minimum absolute atomic E-state index is 0.0314. The Kier molecular flexibility index (Phi) is 12.3. The van der Waals surface area contributed by atoms with Crippen LogP contribution in [0.3, 0.4) is 0 Å². The van der Waals surface area contributed by atoms with Crippen molar-refractivity contribution >= 4 is 48.7 Å². The Hall–Kier alpha value is -4.32. The highest BCUT2D eigenvalue weighted by Gasteiger charge is 2.83. The van der Waals surface area contributed by atoms with E-state index in [1.165, 1.54) is 5.56 Å². The first-order valence-electron chi connectivity index (χ1n) is 16.7. The van der Waals surface area contributed by atoms with Gasteiger partial charge in [0.2, 0.25) is 15.8 Å². The third kappa shape index (κ3) is 8.50. The molecule has 8 nitrogen and oxygen atoms in total. The molecule has 56 heavy (non-hydrogen) atoms. The number of carbonyl (C=O) groups is 2. The zero-order valence-corrected chi connectivity index (χ0v) is 31.6. The van der Waals surface area contributed by atoms with Crippen LogP contribution in [-0.2, 0) is 34.6 Å². The monoisotopic (exact) mass is 841 g/mol. The van der Waals surface area contributed by atoms with E-state index in [4.69, 9.17) is 9.47 Å². The van der Waals surface area contributed by atoms with Crippen LogP contribution in [0.1, 0.15) is 75.8 Å². The summed E-state index contributed by atoms with van der Waals surface area (Å²) in [6.45, 7) is 8.08. The van der Waals surface area contributed by atoms with Crippen molar-refractivity contribution < 1.29 is 71.5 Å². The van der Waals surface area contributed by atoms with E-state index in [1.54, 1.807) is 6.08 Å². The Morgan fingerprint density at radius 2 is 1.45 bits per heavy atom. The van der Waals surface area contributed by atoms with Crippen LogP contribution in [0, 0.1) is 6.08 Å². The van der Waals surface area contributed by atoms with Crippen molar-refractivity contribution in [2.45, 2.75) is 94.1 Å². The quantitative estimate of drug-likeness (QED) is 0.0687. The molecule has 0 N–H and O–H groups in total. The lowest BCUT2D eigenvalue weighted by molar-refractivity contribution is -0.382. The highest BCUT2D eigenvalue weighted by Crippen LogP contribution is 2.54. The maximum Gasteiger partial charge on any atom is 0.460 e. The van der Waals surface area contributed by atoms with Crippen molar-refractivity contribution in [2.24, 2.45) is 0 Å². The van der Waals surface area contributed by atoms with Gasteiger partial charge in [-0.15, -0.1) is 0 Å². The number of esters is 2. The van der Waals surface area contributed by atoms with Crippen molar-refractivity contribution in [3.63, 3.8) is 0 Å². The molecule has 0 spiro atoms. The van der Waals surface area contributed by atoms with E-state index in [0.717, 1.165) is 46.6 Å². The molecule has 2 aliphatic rings. The molecule has 2 aliphatic carbocycles. The molecule has 304 valence electrons. The zero-order valence-electron chi connectivity index (χ0n) is 30.0. The molecule has 1 saturated carbocycles. The van der Waals surface area contributed by atoms with Crippen molar-refractivity contribution in [1.82, 2.24) is 0 Å². The van der Waals surface area contributed by atoms with Gasteiger partial charge in [-0.3, -0.25) is 0 Å². The molecular formula is C37H34F9O8S2+. The molecule has 0 saturated heterocycles. The van der Waals surface area contributed by atoms with Crippen LogP contribution in [0.4, 0.5) is 39.5 Å². The van der Waals surface area contributed by atoms with Gasteiger partial charge in [-0.2, -0.15) is 44.3 Å². The second kappa shape index (κ2) is 15.6. The van der Waals surface area contributed by atoms with Crippen LogP contribution in [0.5, 0.6) is 0 Å². The summed E-state index contributed by atoms with van der Waals surface area (Å²) in [4.78, 5) is 40.8. The minimum Gasteiger partial charge on any atom is -0.743 e. The minimum atomic E-state index is -7.43. The number of benzene rings is 2. The summed E-state index contributed by atoms with van der Waals surface area (Å²) in [5, 5.41) is -6.50. The number of ether oxygens (including phenoxy) is 2. The van der Waals surface area contributed by atoms with Gasteiger partial charge in [-0.05, 0) is 61.3 Å². The van der Waals surface area contributed by atoms with Gasteiger partial charge >= 0.3 is 35.2 Å². The first-order valence-corrected chi connectivity index (χ1v) is 19.3. The highest BCUT2D eigenvalue weighted by molar-refractivity contribution is 7.86. The van der Waals surface area contributed by atoms with Gasteiger partial charge in [0, 0.05) is 18.2 Å². The van der Waals surface area contributed by atoms with Crippen LogP contribution in [0.25, 0.3) is 21.1 Å². The largest absolute Gasteiger partial charge is 0.743 e. The van der Waals surface area contributed by atoms with Crippen molar-refractivity contribution in [3.05, 3.63) is 92.5 Å². The molecule has 1 aromatic heterocycles. The standard InChI is InChI=1S/C33H34O5S.C4HF9O3S/c1-5-33(18-8-9-19-33)38-29(34)21-37-31(36)22-12-17-28-26(20-22)30(35)25-10-6-7-11-27(25)39(28)24-15-13-23(14-16-24)32(2,3)4;5-1(6,3(9,10)11)2(7,8)4(12,13)17(14,15)16/h6-7,10-17H,5,8-9,18-19,21H2,1-4H3;(H,14,15,16)/q+2;/p-1. The average Bonchev–Trinajstić information content (AvgIpc) is 3.58. The molecule has 0 amide bonds. The predicted molar refractivity (Wildman–Crippen MR) is 187 cm³/mol. The Labute approximate surface area is 317 Å². The number of fused-ring (bicyclic) bond motifs is 2. The van der Waals surface area contributed by atoms with E-state index in [1.807, 2.05) is 37.3 Å². The smallest absolute Gasteiger partial charge is 0.460 e. The average molecular weight is 842 g/mol. The third-order valence-corrected chi connectivity index (χ3v) is 12.3. The number of halogens is 9. The number of rotatable bonds is 9. The Bertz CT molecular complexity index is 2210.